The molecule has 3 atom stereocenters. The van der Waals surface area contributed by atoms with Crippen LogP contribution in [0.5, 0.6) is 0 Å². The highest BCUT2D eigenvalue weighted by molar-refractivity contribution is 6.37. The summed E-state index contributed by atoms with van der Waals surface area (Å²) >= 11 is 0. The molecule has 1 aromatic carbocycles. The fourth-order valence-corrected chi connectivity index (χ4v) is 2.58. The van der Waals surface area contributed by atoms with Gasteiger partial charge in [0.25, 0.3) is 5.78 Å². The van der Waals surface area contributed by atoms with Crippen LogP contribution in [0.4, 0.5) is 0 Å². The number of hydrogen-bond donors (Lipinski definition) is 3. The van der Waals surface area contributed by atoms with Gasteiger partial charge in [0.2, 0.25) is 5.60 Å². The number of benzene rings is 1. The first-order chi connectivity index (χ1) is 11.4. The lowest BCUT2D eigenvalue weighted by Gasteiger charge is -2.34. The number of rotatable bonds is 6. The standard InChI is InChI=1S/C15H17NO8/c1-2-22-13(20)8-3-5-9(6-4-8)15(10(18)7-17)12(24-16)11(19)14(21)23-15/h3-6,10,12,17-18H,2,7,16H2,1H3/t10-,12?,15+/m0/s1. The highest BCUT2D eigenvalue weighted by Crippen LogP contribution is 2.40. The minimum atomic E-state index is -2.01. The first kappa shape index (κ1) is 18.0. The number of carbonyl (C=O) groups is 3. The minimum Gasteiger partial charge on any atom is -0.462 e. The molecule has 4 N–H and O–H groups in total. The molecule has 1 aromatic rings. The van der Waals surface area contributed by atoms with Gasteiger partial charge < -0.3 is 19.7 Å². The summed E-state index contributed by atoms with van der Waals surface area (Å²) in [7, 11) is 0. The van der Waals surface area contributed by atoms with E-state index in [-0.39, 0.29) is 17.7 Å². The van der Waals surface area contributed by atoms with Crippen LogP contribution in [0, 0.1) is 0 Å². The molecular formula is C15H17NO8. The van der Waals surface area contributed by atoms with Crippen LogP contribution in [0.15, 0.2) is 24.3 Å². The van der Waals surface area contributed by atoms with Crippen LogP contribution in [0.25, 0.3) is 0 Å². The summed E-state index contributed by atoms with van der Waals surface area (Å²) in [6, 6.07) is 5.43. The van der Waals surface area contributed by atoms with Crippen molar-refractivity contribution in [3.63, 3.8) is 0 Å². The molecule has 130 valence electrons. The van der Waals surface area contributed by atoms with Crippen molar-refractivity contribution in [2.75, 3.05) is 13.2 Å². The summed E-state index contributed by atoms with van der Waals surface area (Å²) in [5.74, 6) is 2.20. The highest BCUT2D eigenvalue weighted by atomic mass is 16.7. The Balaban J connectivity index is 2.48. The molecule has 0 amide bonds. The van der Waals surface area contributed by atoms with Crippen LogP contribution in [0.1, 0.15) is 22.8 Å². The Morgan fingerprint density at radius 3 is 2.50 bits per heavy atom. The minimum absolute atomic E-state index is 0.131. The lowest BCUT2D eigenvalue weighted by Crippen LogP contribution is -2.52. The molecule has 0 aromatic heterocycles. The number of esters is 2. The Kier molecular flexibility index (Phi) is 5.30. The van der Waals surface area contributed by atoms with Gasteiger partial charge in [-0.1, -0.05) is 12.1 Å². The van der Waals surface area contributed by atoms with Gasteiger partial charge in [-0.05, 0) is 19.1 Å². The molecule has 9 heteroatoms. The molecular weight excluding hydrogens is 322 g/mol. The van der Waals surface area contributed by atoms with Gasteiger partial charge in [-0.2, -0.15) is 0 Å². The van der Waals surface area contributed by atoms with Gasteiger partial charge in [-0.25, -0.2) is 15.5 Å². The van der Waals surface area contributed by atoms with E-state index in [0.717, 1.165) is 0 Å². The van der Waals surface area contributed by atoms with Crippen molar-refractivity contribution in [3.8, 4) is 0 Å². The van der Waals surface area contributed by atoms with E-state index in [9.17, 15) is 24.6 Å². The number of ketones is 1. The van der Waals surface area contributed by atoms with E-state index < -0.39 is 42.1 Å². The quantitative estimate of drug-likeness (QED) is 0.330. The SMILES string of the molecule is CCOC(=O)c1ccc([C@]2([C@@H](O)CO)OC(=O)C(=O)C2ON)cc1. The molecule has 1 aliphatic rings. The van der Waals surface area contributed by atoms with E-state index in [4.69, 9.17) is 15.4 Å². The lowest BCUT2D eigenvalue weighted by atomic mass is 9.82. The Labute approximate surface area is 136 Å². The summed E-state index contributed by atoms with van der Waals surface area (Å²) in [6.07, 6.45) is -3.31. The first-order valence-electron chi connectivity index (χ1n) is 7.11. The lowest BCUT2D eigenvalue weighted by molar-refractivity contribution is -0.182. The van der Waals surface area contributed by atoms with E-state index in [0.29, 0.717) is 0 Å². The van der Waals surface area contributed by atoms with Crippen molar-refractivity contribution in [2.45, 2.75) is 24.7 Å². The van der Waals surface area contributed by atoms with Crippen molar-refractivity contribution in [3.05, 3.63) is 35.4 Å². The van der Waals surface area contributed by atoms with Crippen molar-refractivity contribution in [1.29, 1.82) is 0 Å². The van der Waals surface area contributed by atoms with Crippen molar-refractivity contribution < 1.29 is 38.9 Å². The number of ether oxygens (including phenoxy) is 2. The van der Waals surface area contributed by atoms with Crippen molar-refractivity contribution in [1.82, 2.24) is 0 Å². The van der Waals surface area contributed by atoms with Crippen LogP contribution < -0.4 is 5.90 Å². The fourth-order valence-electron chi connectivity index (χ4n) is 2.58. The number of aliphatic hydroxyl groups excluding tert-OH is 2. The topological polar surface area (TPSA) is 145 Å². The van der Waals surface area contributed by atoms with E-state index in [1.165, 1.54) is 24.3 Å². The third kappa shape index (κ3) is 2.78. The highest BCUT2D eigenvalue weighted by Gasteiger charge is 2.61. The number of hydrogen-bond acceptors (Lipinski definition) is 9. The van der Waals surface area contributed by atoms with Gasteiger partial charge >= 0.3 is 11.9 Å². The number of carbonyl (C=O) groups excluding carboxylic acids is 3. The molecule has 1 unspecified atom stereocenters. The van der Waals surface area contributed by atoms with E-state index in [2.05, 4.69) is 4.84 Å². The first-order valence-corrected chi connectivity index (χ1v) is 7.11. The zero-order valence-corrected chi connectivity index (χ0v) is 12.8. The number of nitrogens with two attached hydrogens (primary N) is 1. The summed E-state index contributed by atoms with van der Waals surface area (Å²) in [4.78, 5) is 39.7. The van der Waals surface area contributed by atoms with Crippen molar-refractivity contribution >= 4 is 17.7 Å². The molecule has 1 saturated heterocycles. The second kappa shape index (κ2) is 7.05. The van der Waals surface area contributed by atoms with Gasteiger partial charge in [0.05, 0.1) is 18.8 Å². The van der Waals surface area contributed by atoms with E-state index in [1.807, 2.05) is 0 Å². The molecule has 2 rings (SSSR count). The maximum absolute atomic E-state index is 11.9. The van der Waals surface area contributed by atoms with E-state index >= 15 is 0 Å². The third-order valence-corrected chi connectivity index (χ3v) is 3.74. The zero-order valence-electron chi connectivity index (χ0n) is 12.8. The third-order valence-electron chi connectivity index (χ3n) is 3.74. The maximum Gasteiger partial charge on any atom is 0.378 e. The predicted octanol–water partition coefficient (Wildman–Crippen LogP) is -1.20. The van der Waals surface area contributed by atoms with Gasteiger partial charge in [0, 0.05) is 5.56 Å². The van der Waals surface area contributed by atoms with Gasteiger partial charge in [0.15, 0.2) is 6.10 Å². The number of cyclic esters (lactones) is 1. The van der Waals surface area contributed by atoms with Crippen LogP contribution in [-0.2, 0) is 29.5 Å². The summed E-state index contributed by atoms with van der Waals surface area (Å²) < 4.78 is 9.88. The molecule has 24 heavy (non-hydrogen) atoms. The normalized spacial score (nSPS) is 24.6. The van der Waals surface area contributed by atoms with Gasteiger partial charge in [0.1, 0.15) is 6.10 Å². The van der Waals surface area contributed by atoms with Crippen LogP contribution in [0.2, 0.25) is 0 Å². The maximum atomic E-state index is 11.9. The average Bonchev–Trinajstić information content (AvgIpc) is 2.86. The molecule has 9 nitrogen and oxygen atoms in total. The second-order valence-corrected chi connectivity index (χ2v) is 5.06. The Bertz CT molecular complexity index is 643. The van der Waals surface area contributed by atoms with Gasteiger partial charge in [-0.15, -0.1) is 0 Å². The molecule has 1 heterocycles. The Morgan fingerprint density at radius 1 is 1.38 bits per heavy atom. The molecule has 0 spiro atoms. The summed E-state index contributed by atoms with van der Waals surface area (Å²) in [5, 5.41) is 19.5. The smallest absolute Gasteiger partial charge is 0.378 e. The predicted molar refractivity (Wildman–Crippen MR) is 77.3 cm³/mol. The number of aliphatic hydroxyl groups is 2. The zero-order chi connectivity index (χ0) is 17.9. The summed E-state index contributed by atoms with van der Waals surface area (Å²) in [5.41, 5.74) is -1.66. The molecule has 0 radical (unpaired) electrons. The fraction of sp³-hybridized carbons (Fsp3) is 0.400. The average molecular weight is 339 g/mol. The molecule has 0 bridgehead atoms. The Morgan fingerprint density at radius 2 is 2.00 bits per heavy atom. The molecule has 0 aliphatic carbocycles. The monoisotopic (exact) mass is 339 g/mol. The molecule has 1 fully saturated rings. The largest absolute Gasteiger partial charge is 0.462 e. The second-order valence-electron chi connectivity index (χ2n) is 5.06. The van der Waals surface area contributed by atoms with Crippen molar-refractivity contribution in [2.24, 2.45) is 5.90 Å². The molecule has 1 aliphatic heterocycles. The van der Waals surface area contributed by atoms with Gasteiger partial charge in [-0.3, -0.25) is 9.63 Å². The van der Waals surface area contributed by atoms with Crippen LogP contribution in [0.3, 0.4) is 0 Å². The number of Topliss-reactive ketones (excluding diaryl/α,β-unsaturated/α-hetero) is 1. The Hall–Kier alpha value is -2.33. The molecule has 0 saturated carbocycles. The summed E-state index contributed by atoms with van der Waals surface area (Å²) in [6.45, 7) is 1.04. The van der Waals surface area contributed by atoms with Crippen LogP contribution in [-0.4, -0.2) is 53.4 Å². The van der Waals surface area contributed by atoms with Crippen LogP contribution >= 0.6 is 0 Å². The van der Waals surface area contributed by atoms with E-state index in [1.54, 1.807) is 6.92 Å².